The molecule has 2 aromatic rings. The first kappa shape index (κ1) is 16.1. The molecule has 24 heavy (non-hydrogen) atoms. The van der Waals surface area contributed by atoms with E-state index in [9.17, 15) is 14.7 Å². The van der Waals surface area contributed by atoms with E-state index in [2.05, 4.69) is 0 Å². The third-order valence-corrected chi connectivity index (χ3v) is 3.83. The van der Waals surface area contributed by atoms with E-state index in [4.69, 9.17) is 16.3 Å². The van der Waals surface area contributed by atoms with E-state index < -0.39 is 18.2 Å². The zero-order chi connectivity index (χ0) is 17.1. The number of carbonyl (C=O) groups excluding carboxylic acids is 1. The quantitative estimate of drug-likeness (QED) is 0.859. The van der Waals surface area contributed by atoms with Crippen LogP contribution in [0.2, 0.25) is 0 Å². The fourth-order valence-electron chi connectivity index (χ4n) is 2.59. The standard InChI is InChI=1S/C17H15ClN2O4/c18-11-10-15-20(16(21)13-8-4-5-9-14(13)24-15)19(17(22)23)12-6-2-1-3-7-12/h1-9,15H,10-11H2,(H,22,23)/t15-/m1/s1. The maximum atomic E-state index is 12.9. The van der Waals surface area contributed by atoms with Gasteiger partial charge in [-0.15, -0.1) is 11.6 Å². The van der Waals surface area contributed by atoms with Crippen molar-refractivity contribution in [3.8, 4) is 5.75 Å². The van der Waals surface area contributed by atoms with Crippen molar-refractivity contribution in [2.45, 2.75) is 12.6 Å². The molecule has 1 heterocycles. The number of hydrazine groups is 1. The Balaban J connectivity index is 2.08. The zero-order valence-corrected chi connectivity index (χ0v) is 13.4. The van der Waals surface area contributed by atoms with Gasteiger partial charge in [-0.2, -0.15) is 10.0 Å². The van der Waals surface area contributed by atoms with Crippen LogP contribution in [0.1, 0.15) is 16.8 Å². The summed E-state index contributed by atoms with van der Waals surface area (Å²) >= 11 is 5.82. The molecule has 0 aromatic heterocycles. The first-order valence-electron chi connectivity index (χ1n) is 7.36. The number of alkyl halides is 1. The van der Waals surface area contributed by atoms with Crippen molar-refractivity contribution in [2.75, 3.05) is 10.9 Å². The summed E-state index contributed by atoms with van der Waals surface area (Å²) in [5.74, 6) is 0.198. The molecular weight excluding hydrogens is 332 g/mol. The minimum Gasteiger partial charge on any atom is -0.468 e. The number of halogens is 1. The molecule has 7 heteroatoms. The van der Waals surface area contributed by atoms with Crippen LogP contribution in [0, 0.1) is 0 Å². The highest BCUT2D eigenvalue weighted by molar-refractivity contribution is 6.17. The van der Waals surface area contributed by atoms with E-state index in [0.717, 1.165) is 10.0 Å². The molecule has 0 radical (unpaired) electrons. The monoisotopic (exact) mass is 346 g/mol. The molecule has 0 aliphatic carbocycles. The predicted molar refractivity (Wildman–Crippen MR) is 89.3 cm³/mol. The number of benzene rings is 2. The van der Waals surface area contributed by atoms with Crippen molar-refractivity contribution in [1.29, 1.82) is 0 Å². The van der Waals surface area contributed by atoms with Gasteiger partial charge in [0.2, 0.25) is 0 Å². The minimum absolute atomic E-state index is 0.221. The molecule has 1 aliphatic rings. The van der Waals surface area contributed by atoms with Gasteiger partial charge in [-0.1, -0.05) is 30.3 Å². The second-order valence-electron chi connectivity index (χ2n) is 5.13. The highest BCUT2D eigenvalue weighted by atomic mass is 35.5. The van der Waals surface area contributed by atoms with Gasteiger partial charge in [0, 0.05) is 12.3 Å². The molecular formula is C17H15ClN2O4. The van der Waals surface area contributed by atoms with E-state index in [1.165, 1.54) is 0 Å². The third-order valence-electron chi connectivity index (χ3n) is 3.61. The Bertz CT molecular complexity index is 753. The maximum Gasteiger partial charge on any atom is 0.431 e. The van der Waals surface area contributed by atoms with Crippen molar-refractivity contribution >= 4 is 29.3 Å². The van der Waals surface area contributed by atoms with E-state index in [-0.39, 0.29) is 12.3 Å². The van der Waals surface area contributed by atoms with Gasteiger partial charge in [-0.25, -0.2) is 4.79 Å². The molecule has 0 fully saturated rings. The predicted octanol–water partition coefficient (Wildman–Crippen LogP) is 3.58. The Kier molecular flexibility index (Phi) is 4.57. The van der Waals surface area contributed by atoms with Gasteiger partial charge >= 0.3 is 6.09 Å². The van der Waals surface area contributed by atoms with Crippen LogP contribution in [-0.4, -0.2) is 34.2 Å². The Labute approximate surface area is 143 Å². The average molecular weight is 347 g/mol. The molecule has 0 unspecified atom stereocenters. The van der Waals surface area contributed by atoms with Gasteiger partial charge in [0.05, 0.1) is 11.3 Å². The van der Waals surface area contributed by atoms with Crippen LogP contribution < -0.4 is 9.75 Å². The average Bonchev–Trinajstić information content (AvgIpc) is 2.59. The number of amides is 2. The van der Waals surface area contributed by atoms with Crippen LogP contribution in [0.15, 0.2) is 54.6 Å². The summed E-state index contributed by atoms with van der Waals surface area (Å²) < 4.78 is 5.82. The highest BCUT2D eigenvalue weighted by Crippen LogP contribution is 2.32. The summed E-state index contributed by atoms with van der Waals surface area (Å²) in [4.78, 5) is 24.8. The minimum atomic E-state index is -1.28. The fourth-order valence-corrected chi connectivity index (χ4v) is 2.77. The van der Waals surface area contributed by atoms with Gasteiger partial charge in [-0.3, -0.25) is 4.79 Å². The van der Waals surface area contributed by atoms with Crippen LogP contribution in [0.4, 0.5) is 10.5 Å². The third kappa shape index (κ3) is 2.88. The summed E-state index contributed by atoms with van der Waals surface area (Å²) in [6.45, 7) is 0. The van der Waals surface area contributed by atoms with Crippen molar-refractivity contribution in [3.63, 3.8) is 0 Å². The highest BCUT2D eigenvalue weighted by Gasteiger charge is 2.40. The van der Waals surface area contributed by atoms with E-state index in [0.29, 0.717) is 17.0 Å². The van der Waals surface area contributed by atoms with Crippen LogP contribution in [0.5, 0.6) is 5.75 Å². The fraction of sp³-hybridized carbons (Fsp3) is 0.176. The first-order chi connectivity index (χ1) is 11.6. The molecule has 0 saturated carbocycles. The number of carbonyl (C=O) groups is 2. The summed E-state index contributed by atoms with van der Waals surface area (Å²) in [6, 6.07) is 15.1. The normalized spacial score (nSPS) is 16.3. The molecule has 0 bridgehead atoms. The number of hydrogen-bond donors (Lipinski definition) is 1. The number of para-hydroxylation sites is 2. The number of anilines is 1. The molecule has 1 aliphatic heterocycles. The Hall–Kier alpha value is -2.73. The molecule has 0 spiro atoms. The summed E-state index contributed by atoms with van der Waals surface area (Å²) in [5.41, 5.74) is 0.659. The molecule has 6 nitrogen and oxygen atoms in total. The second-order valence-corrected chi connectivity index (χ2v) is 5.50. The number of carboxylic acid groups (broad SMARTS) is 1. The number of fused-ring (bicyclic) bond motifs is 1. The number of nitrogens with zero attached hydrogens (tertiary/aromatic N) is 2. The van der Waals surface area contributed by atoms with Gasteiger partial charge in [-0.05, 0) is 24.3 Å². The molecule has 3 rings (SSSR count). The van der Waals surface area contributed by atoms with Gasteiger partial charge in [0.25, 0.3) is 5.91 Å². The van der Waals surface area contributed by atoms with Crippen molar-refractivity contribution in [2.24, 2.45) is 0 Å². The number of rotatable bonds is 4. The number of hydrogen-bond acceptors (Lipinski definition) is 3. The lowest BCUT2D eigenvalue weighted by Gasteiger charge is -2.41. The van der Waals surface area contributed by atoms with Crippen molar-refractivity contribution in [1.82, 2.24) is 5.01 Å². The Morgan fingerprint density at radius 1 is 1.17 bits per heavy atom. The summed E-state index contributed by atoms with van der Waals surface area (Å²) in [6.07, 6.45) is -1.79. The molecule has 1 N–H and O–H groups in total. The lowest BCUT2D eigenvalue weighted by molar-refractivity contribution is 0.00386. The van der Waals surface area contributed by atoms with E-state index in [1.807, 2.05) is 0 Å². The lowest BCUT2D eigenvalue weighted by Crippen LogP contribution is -2.58. The smallest absolute Gasteiger partial charge is 0.431 e. The molecule has 2 amide bonds. The Morgan fingerprint density at radius 3 is 2.50 bits per heavy atom. The largest absolute Gasteiger partial charge is 0.468 e. The molecule has 1 atom stereocenters. The van der Waals surface area contributed by atoms with Crippen LogP contribution in [0.25, 0.3) is 0 Å². The van der Waals surface area contributed by atoms with Crippen LogP contribution >= 0.6 is 11.6 Å². The van der Waals surface area contributed by atoms with Crippen molar-refractivity contribution < 1.29 is 19.4 Å². The Morgan fingerprint density at radius 2 is 1.83 bits per heavy atom. The van der Waals surface area contributed by atoms with E-state index in [1.54, 1.807) is 54.6 Å². The maximum absolute atomic E-state index is 12.9. The SMILES string of the molecule is O=C(O)N(c1ccccc1)N1C(=O)c2ccccc2O[C@@H]1CCCl. The lowest BCUT2D eigenvalue weighted by atomic mass is 10.1. The molecule has 124 valence electrons. The summed E-state index contributed by atoms with van der Waals surface area (Å²) in [7, 11) is 0. The molecule has 2 aromatic carbocycles. The van der Waals surface area contributed by atoms with Gasteiger partial charge in [0.1, 0.15) is 5.75 Å². The second kappa shape index (κ2) is 6.80. The zero-order valence-electron chi connectivity index (χ0n) is 12.6. The first-order valence-corrected chi connectivity index (χ1v) is 7.90. The van der Waals surface area contributed by atoms with Crippen LogP contribution in [-0.2, 0) is 0 Å². The summed E-state index contributed by atoms with van der Waals surface area (Å²) in [5, 5.41) is 11.7. The topological polar surface area (TPSA) is 70.1 Å². The van der Waals surface area contributed by atoms with Gasteiger partial charge in [0.15, 0.2) is 6.23 Å². The van der Waals surface area contributed by atoms with Crippen molar-refractivity contribution in [3.05, 3.63) is 60.2 Å². The number of ether oxygens (including phenoxy) is 1. The van der Waals surface area contributed by atoms with E-state index >= 15 is 0 Å². The molecule has 0 saturated heterocycles. The van der Waals surface area contributed by atoms with Crippen LogP contribution in [0.3, 0.4) is 0 Å². The van der Waals surface area contributed by atoms with Gasteiger partial charge < -0.3 is 9.84 Å².